The molecule has 1 aliphatic heterocycles. The van der Waals surface area contributed by atoms with Gasteiger partial charge in [0.15, 0.2) is 0 Å². The molecule has 7 nitrogen and oxygen atoms in total. The Morgan fingerprint density at radius 3 is 2.38 bits per heavy atom. The van der Waals surface area contributed by atoms with E-state index in [2.05, 4.69) is 10.2 Å². The van der Waals surface area contributed by atoms with Crippen LogP contribution in [0, 0.1) is 0 Å². The molecule has 0 radical (unpaired) electrons. The lowest BCUT2D eigenvalue weighted by Gasteiger charge is -2.31. The third-order valence-corrected chi connectivity index (χ3v) is 6.95. The molecule has 1 heterocycles. The average molecular weight is 417 g/mol. The Morgan fingerprint density at radius 2 is 1.72 bits per heavy atom. The zero-order chi connectivity index (χ0) is 20.9. The monoisotopic (exact) mass is 416 g/mol. The van der Waals surface area contributed by atoms with E-state index in [1.807, 2.05) is 49.2 Å². The molecular formula is C21H28N4O3S. The molecule has 0 aromatic heterocycles. The molecular weight excluding hydrogens is 388 g/mol. The minimum Gasteiger partial charge on any atom is -0.362 e. The van der Waals surface area contributed by atoms with Crippen LogP contribution in [-0.4, -0.2) is 69.8 Å². The van der Waals surface area contributed by atoms with E-state index >= 15 is 0 Å². The van der Waals surface area contributed by atoms with E-state index in [0.717, 1.165) is 5.69 Å². The molecule has 29 heavy (non-hydrogen) atoms. The molecule has 1 N–H and O–H groups in total. The second-order valence-corrected chi connectivity index (χ2v) is 9.07. The highest BCUT2D eigenvalue weighted by molar-refractivity contribution is 7.89. The Kier molecular flexibility index (Phi) is 6.89. The molecule has 3 rings (SSSR count). The largest absolute Gasteiger partial charge is 0.362 e. The van der Waals surface area contributed by atoms with Gasteiger partial charge in [0, 0.05) is 44.1 Å². The first kappa shape index (κ1) is 21.3. The number of hydrogen-bond donors (Lipinski definition) is 1. The van der Waals surface area contributed by atoms with Gasteiger partial charge in [-0.2, -0.15) is 4.31 Å². The number of nitrogens with zero attached hydrogens (tertiary/aromatic N) is 3. The number of hydrogen-bond acceptors (Lipinski definition) is 5. The van der Waals surface area contributed by atoms with Crippen LogP contribution >= 0.6 is 0 Å². The van der Waals surface area contributed by atoms with Gasteiger partial charge in [0.2, 0.25) is 15.9 Å². The van der Waals surface area contributed by atoms with Crippen molar-refractivity contribution in [2.75, 3.05) is 56.5 Å². The quantitative estimate of drug-likeness (QED) is 0.748. The van der Waals surface area contributed by atoms with E-state index in [-0.39, 0.29) is 17.3 Å². The van der Waals surface area contributed by atoms with Crippen LogP contribution in [0.4, 0.5) is 11.4 Å². The lowest BCUT2D eigenvalue weighted by Crippen LogP contribution is -2.47. The summed E-state index contributed by atoms with van der Waals surface area (Å²) in [5.41, 5.74) is 1.45. The van der Waals surface area contributed by atoms with Gasteiger partial charge in [0.05, 0.1) is 11.4 Å². The minimum absolute atomic E-state index is 0.190. The van der Waals surface area contributed by atoms with Crippen molar-refractivity contribution in [2.24, 2.45) is 0 Å². The molecule has 2 aromatic carbocycles. The summed E-state index contributed by atoms with van der Waals surface area (Å²) in [4.78, 5) is 16.8. The van der Waals surface area contributed by atoms with Gasteiger partial charge in [-0.15, -0.1) is 0 Å². The lowest BCUT2D eigenvalue weighted by atomic mass is 10.2. The summed E-state index contributed by atoms with van der Waals surface area (Å²) in [5.74, 6) is -0.190. The molecule has 0 atom stereocenters. The van der Waals surface area contributed by atoms with Gasteiger partial charge in [-0.3, -0.25) is 4.79 Å². The highest BCUT2D eigenvalue weighted by Crippen LogP contribution is 2.21. The van der Waals surface area contributed by atoms with Gasteiger partial charge in [-0.1, -0.05) is 24.3 Å². The van der Waals surface area contributed by atoms with Crippen molar-refractivity contribution in [3.05, 3.63) is 54.6 Å². The van der Waals surface area contributed by atoms with Crippen LogP contribution in [0.2, 0.25) is 0 Å². The highest BCUT2D eigenvalue weighted by atomic mass is 32.2. The maximum atomic E-state index is 12.9. The van der Waals surface area contributed by atoms with Crippen molar-refractivity contribution in [3.63, 3.8) is 0 Å². The van der Waals surface area contributed by atoms with Crippen LogP contribution in [0.5, 0.6) is 0 Å². The Balaban J connectivity index is 1.68. The molecule has 1 saturated heterocycles. The average Bonchev–Trinajstić information content (AvgIpc) is 2.73. The number of anilines is 2. The minimum atomic E-state index is -3.57. The van der Waals surface area contributed by atoms with Crippen molar-refractivity contribution in [3.8, 4) is 0 Å². The van der Waals surface area contributed by atoms with Gasteiger partial charge < -0.3 is 15.1 Å². The number of carbonyl (C=O) groups is 1. The lowest BCUT2D eigenvalue weighted by molar-refractivity contribution is -0.115. The van der Waals surface area contributed by atoms with Crippen LogP contribution in [0.15, 0.2) is 59.5 Å². The fraction of sp³-hybridized carbons (Fsp3) is 0.381. The van der Waals surface area contributed by atoms with E-state index < -0.39 is 10.0 Å². The van der Waals surface area contributed by atoms with Gasteiger partial charge in [-0.05, 0) is 44.3 Å². The molecule has 8 heteroatoms. The van der Waals surface area contributed by atoms with E-state index in [0.29, 0.717) is 38.4 Å². The van der Waals surface area contributed by atoms with Crippen molar-refractivity contribution in [1.29, 1.82) is 0 Å². The molecule has 0 unspecified atom stereocenters. The predicted octanol–water partition coefficient (Wildman–Crippen LogP) is 2.09. The van der Waals surface area contributed by atoms with Gasteiger partial charge in [0.25, 0.3) is 0 Å². The number of sulfonamides is 1. The van der Waals surface area contributed by atoms with Crippen LogP contribution in [0.25, 0.3) is 0 Å². The van der Waals surface area contributed by atoms with Crippen molar-refractivity contribution in [2.45, 2.75) is 11.8 Å². The third-order valence-electron chi connectivity index (χ3n) is 5.06. The fourth-order valence-electron chi connectivity index (χ4n) is 3.31. The number of para-hydroxylation sites is 1. The fourth-order valence-corrected chi connectivity index (χ4v) is 4.78. The Bertz CT molecular complexity index is 926. The van der Waals surface area contributed by atoms with Crippen molar-refractivity contribution >= 4 is 27.3 Å². The summed E-state index contributed by atoms with van der Waals surface area (Å²) in [7, 11) is -1.59. The number of rotatable bonds is 7. The second-order valence-electron chi connectivity index (χ2n) is 7.13. The molecule has 156 valence electrons. The van der Waals surface area contributed by atoms with Crippen LogP contribution in [0.3, 0.4) is 0 Å². The number of piperazine rings is 1. The molecule has 1 amide bonds. The SMILES string of the molecule is CCN(CC(=O)Nc1cccc(S(=O)(=O)N2CCN(C)CC2)c1)c1ccccc1. The molecule has 0 saturated carbocycles. The Labute approximate surface area is 173 Å². The molecule has 0 aliphatic carbocycles. The third kappa shape index (κ3) is 5.35. The van der Waals surface area contributed by atoms with E-state index in [9.17, 15) is 13.2 Å². The molecule has 0 spiro atoms. The number of carbonyl (C=O) groups excluding carboxylic acids is 1. The summed E-state index contributed by atoms with van der Waals surface area (Å²) >= 11 is 0. The maximum absolute atomic E-state index is 12.9. The van der Waals surface area contributed by atoms with Gasteiger partial charge in [-0.25, -0.2) is 8.42 Å². The van der Waals surface area contributed by atoms with Crippen molar-refractivity contribution in [1.82, 2.24) is 9.21 Å². The zero-order valence-electron chi connectivity index (χ0n) is 16.9. The molecule has 1 fully saturated rings. The first-order valence-corrected chi connectivity index (χ1v) is 11.2. The topological polar surface area (TPSA) is 73.0 Å². The number of benzene rings is 2. The predicted molar refractivity (Wildman–Crippen MR) is 116 cm³/mol. The number of nitrogens with one attached hydrogen (secondary N) is 1. The van der Waals surface area contributed by atoms with E-state index in [1.54, 1.807) is 18.2 Å². The molecule has 1 aliphatic rings. The van der Waals surface area contributed by atoms with Crippen LogP contribution in [-0.2, 0) is 14.8 Å². The normalized spacial score (nSPS) is 15.8. The summed E-state index contributed by atoms with van der Waals surface area (Å²) in [6.45, 7) is 5.23. The maximum Gasteiger partial charge on any atom is 0.243 e. The standard InChI is InChI=1S/C21H28N4O3S/c1-3-24(19-9-5-4-6-10-19)17-21(26)22-18-8-7-11-20(16-18)29(27,28)25-14-12-23(2)13-15-25/h4-11,16H,3,12-15,17H2,1-2H3,(H,22,26). The summed E-state index contributed by atoms with van der Waals surface area (Å²) in [6, 6.07) is 16.2. The molecule has 0 bridgehead atoms. The van der Waals surface area contributed by atoms with E-state index in [4.69, 9.17) is 0 Å². The summed E-state index contributed by atoms with van der Waals surface area (Å²) in [6.07, 6.45) is 0. The highest BCUT2D eigenvalue weighted by Gasteiger charge is 2.27. The number of amides is 1. The van der Waals surface area contributed by atoms with Crippen LogP contribution < -0.4 is 10.2 Å². The van der Waals surface area contributed by atoms with E-state index in [1.165, 1.54) is 10.4 Å². The van der Waals surface area contributed by atoms with Crippen LogP contribution in [0.1, 0.15) is 6.92 Å². The smallest absolute Gasteiger partial charge is 0.243 e. The summed E-state index contributed by atoms with van der Waals surface area (Å²) in [5, 5.41) is 2.83. The van der Waals surface area contributed by atoms with Gasteiger partial charge >= 0.3 is 0 Å². The van der Waals surface area contributed by atoms with Crippen molar-refractivity contribution < 1.29 is 13.2 Å². The second kappa shape index (κ2) is 9.39. The Hall–Kier alpha value is -2.42. The molecule has 2 aromatic rings. The Morgan fingerprint density at radius 1 is 1.03 bits per heavy atom. The van der Waals surface area contributed by atoms with Gasteiger partial charge in [0.1, 0.15) is 0 Å². The first-order valence-electron chi connectivity index (χ1n) is 9.79. The summed E-state index contributed by atoms with van der Waals surface area (Å²) < 4.78 is 27.4. The first-order chi connectivity index (χ1) is 13.9. The number of likely N-dealkylation sites (N-methyl/N-ethyl adjacent to an activating group) is 2. The zero-order valence-corrected chi connectivity index (χ0v) is 17.7.